The maximum absolute atomic E-state index is 12.9. The molecular weight excluding hydrogens is 949 g/mol. The lowest BCUT2D eigenvalue weighted by Gasteiger charge is -2.18. The molecule has 0 aliphatic rings. The number of esters is 3. The second kappa shape index (κ2) is 63.8. The highest BCUT2D eigenvalue weighted by Gasteiger charge is 2.19. The lowest BCUT2D eigenvalue weighted by molar-refractivity contribution is -0.167. The van der Waals surface area contributed by atoms with Gasteiger partial charge in [0.2, 0.25) is 0 Å². The Morgan fingerprint density at radius 1 is 0.273 bits per heavy atom. The van der Waals surface area contributed by atoms with E-state index in [1.165, 1.54) is 96.3 Å². The van der Waals surface area contributed by atoms with E-state index in [4.69, 9.17) is 14.2 Å². The summed E-state index contributed by atoms with van der Waals surface area (Å²) in [6.07, 6.45) is 91.4. The Morgan fingerprint density at radius 2 is 0.532 bits per heavy atom. The number of hydrogen-bond donors (Lipinski definition) is 0. The van der Waals surface area contributed by atoms with E-state index in [1.54, 1.807) is 0 Å². The lowest BCUT2D eigenvalue weighted by atomic mass is 10.1. The van der Waals surface area contributed by atoms with Crippen LogP contribution in [0.1, 0.15) is 265 Å². The summed E-state index contributed by atoms with van der Waals surface area (Å²) >= 11 is 0. The number of carbonyl (C=O) groups is 3. The Hall–Kier alpha value is -4.71. The summed E-state index contributed by atoms with van der Waals surface area (Å²) in [7, 11) is 0. The molecule has 1 unspecified atom stereocenters. The van der Waals surface area contributed by atoms with Gasteiger partial charge in [-0.1, -0.05) is 256 Å². The summed E-state index contributed by atoms with van der Waals surface area (Å²) in [5, 5.41) is 0. The van der Waals surface area contributed by atoms with Gasteiger partial charge in [-0.2, -0.15) is 0 Å². The van der Waals surface area contributed by atoms with Crippen LogP contribution in [-0.4, -0.2) is 37.2 Å². The van der Waals surface area contributed by atoms with Gasteiger partial charge in [0.05, 0.1) is 0 Å². The number of carbonyl (C=O) groups excluding carboxylic acids is 3. The third-order valence-corrected chi connectivity index (χ3v) is 12.8. The summed E-state index contributed by atoms with van der Waals surface area (Å²) in [6.45, 7) is 6.40. The van der Waals surface area contributed by atoms with Crippen LogP contribution in [0.4, 0.5) is 0 Å². The van der Waals surface area contributed by atoms with Crippen LogP contribution in [0, 0.1) is 0 Å². The highest BCUT2D eigenvalue weighted by Crippen LogP contribution is 2.14. The van der Waals surface area contributed by atoms with Gasteiger partial charge in [-0.05, 0) is 135 Å². The van der Waals surface area contributed by atoms with E-state index in [9.17, 15) is 14.4 Å². The Labute approximate surface area is 474 Å². The summed E-state index contributed by atoms with van der Waals surface area (Å²) in [6, 6.07) is 0. The molecule has 6 heteroatoms. The van der Waals surface area contributed by atoms with E-state index in [2.05, 4.69) is 167 Å². The predicted molar refractivity (Wildman–Crippen MR) is 334 cm³/mol. The van der Waals surface area contributed by atoms with Gasteiger partial charge in [0.25, 0.3) is 0 Å². The molecule has 0 fully saturated rings. The number of unbranched alkanes of at least 4 members (excludes halogenated alkanes) is 20. The first kappa shape index (κ1) is 72.3. The summed E-state index contributed by atoms with van der Waals surface area (Å²) < 4.78 is 16.8. The first-order valence-electron chi connectivity index (χ1n) is 31.3. The van der Waals surface area contributed by atoms with E-state index in [0.717, 1.165) is 122 Å². The molecule has 0 rings (SSSR count). The third-order valence-electron chi connectivity index (χ3n) is 12.8. The monoisotopic (exact) mass is 1060 g/mol. The van der Waals surface area contributed by atoms with E-state index in [1.807, 2.05) is 0 Å². The molecule has 0 saturated carbocycles. The van der Waals surface area contributed by atoms with Gasteiger partial charge in [-0.25, -0.2) is 0 Å². The van der Waals surface area contributed by atoms with Gasteiger partial charge >= 0.3 is 17.9 Å². The summed E-state index contributed by atoms with van der Waals surface area (Å²) in [4.78, 5) is 38.2. The predicted octanol–water partition coefficient (Wildman–Crippen LogP) is 21.5. The van der Waals surface area contributed by atoms with Crippen LogP contribution in [0.3, 0.4) is 0 Å². The molecule has 1 atom stereocenters. The molecule has 434 valence electrons. The fourth-order valence-electron chi connectivity index (χ4n) is 8.10. The smallest absolute Gasteiger partial charge is 0.306 e. The number of rotatable bonds is 55. The molecular formula is C71H114O6. The molecule has 0 amide bonds. The third kappa shape index (κ3) is 62.0. The van der Waals surface area contributed by atoms with Gasteiger partial charge in [0.15, 0.2) is 6.10 Å². The van der Waals surface area contributed by atoms with Crippen LogP contribution in [0.25, 0.3) is 0 Å². The minimum atomic E-state index is -0.813. The average molecular weight is 1060 g/mol. The Morgan fingerprint density at radius 3 is 0.896 bits per heavy atom. The van der Waals surface area contributed by atoms with Crippen molar-refractivity contribution in [2.75, 3.05) is 13.2 Å². The minimum absolute atomic E-state index is 0.107. The second-order valence-corrected chi connectivity index (χ2v) is 20.2. The zero-order chi connectivity index (χ0) is 55.7. The van der Waals surface area contributed by atoms with Crippen molar-refractivity contribution in [1.82, 2.24) is 0 Å². The molecule has 0 N–H and O–H groups in total. The van der Waals surface area contributed by atoms with E-state index < -0.39 is 6.10 Å². The molecule has 0 aliphatic carbocycles. The first-order valence-corrected chi connectivity index (χ1v) is 31.3. The van der Waals surface area contributed by atoms with Gasteiger partial charge in [-0.15, -0.1) is 0 Å². The molecule has 0 heterocycles. The fraction of sp³-hybridized carbons (Fsp3) is 0.620. The Kier molecular flexibility index (Phi) is 59.9. The van der Waals surface area contributed by atoms with Crippen molar-refractivity contribution >= 4 is 17.9 Å². The number of ether oxygens (including phenoxy) is 3. The van der Waals surface area contributed by atoms with Crippen molar-refractivity contribution in [2.45, 2.75) is 271 Å². The van der Waals surface area contributed by atoms with E-state index in [0.29, 0.717) is 19.3 Å². The maximum Gasteiger partial charge on any atom is 0.306 e. The molecule has 0 aromatic heterocycles. The van der Waals surface area contributed by atoms with Gasteiger partial charge in [-0.3, -0.25) is 14.4 Å². The standard InChI is InChI=1S/C71H114O6/c1-4-7-10-13-16-19-22-24-26-28-30-31-32-33-34-35-36-37-38-39-41-42-44-46-49-52-55-58-61-64-70(73)76-67-68(66-75-69(72)63-60-57-54-51-48-21-18-15-12-9-6-3)77-71(74)65-62-59-56-53-50-47-45-43-40-29-27-25-23-20-17-14-11-8-5-2/h7,10,15-20,24-27,30-31,33-34,36-37,39,41,44,46,52,55,68H,4-6,8-9,11-14,21-23,28-29,32,35,38,40,42-43,45,47-51,53-54,56-67H2,1-3H3/b10-7-,18-15-,19-16-,20-17-,26-24-,27-25-,31-30-,34-33-,37-36-,41-39-,46-44-,55-52-. The molecule has 0 saturated heterocycles. The van der Waals surface area contributed by atoms with Crippen LogP contribution >= 0.6 is 0 Å². The van der Waals surface area contributed by atoms with Crippen LogP contribution in [-0.2, 0) is 28.6 Å². The van der Waals surface area contributed by atoms with E-state index in [-0.39, 0.29) is 37.5 Å². The van der Waals surface area contributed by atoms with Gasteiger partial charge < -0.3 is 14.2 Å². The zero-order valence-electron chi connectivity index (χ0n) is 49.7. The molecule has 0 spiro atoms. The largest absolute Gasteiger partial charge is 0.462 e. The Bertz CT molecular complexity index is 1700. The van der Waals surface area contributed by atoms with Crippen LogP contribution in [0.15, 0.2) is 146 Å². The number of allylic oxidation sites excluding steroid dienone is 24. The maximum atomic E-state index is 12.9. The van der Waals surface area contributed by atoms with Gasteiger partial charge in [0, 0.05) is 19.3 Å². The average Bonchev–Trinajstić information content (AvgIpc) is 3.43. The normalized spacial score (nSPS) is 13.1. The lowest BCUT2D eigenvalue weighted by Crippen LogP contribution is -2.30. The highest BCUT2D eigenvalue weighted by atomic mass is 16.6. The topological polar surface area (TPSA) is 78.9 Å². The Balaban J connectivity index is 4.42. The fourth-order valence-corrected chi connectivity index (χ4v) is 8.10. The molecule has 0 radical (unpaired) electrons. The molecule has 0 bridgehead atoms. The summed E-state index contributed by atoms with van der Waals surface area (Å²) in [5.74, 6) is -0.985. The van der Waals surface area contributed by atoms with Crippen molar-refractivity contribution in [3.8, 4) is 0 Å². The minimum Gasteiger partial charge on any atom is -0.462 e. The zero-order valence-corrected chi connectivity index (χ0v) is 49.7. The molecule has 0 aromatic carbocycles. The summed E-state index contributed by atoms with van der Waals surface area (Å²) in [5.41, 5.74) is 0. The SMILES string of the molecule is CC/C=C\C/C=C\C/C=C\C/C=C\C/C=C\C/C=C\C/C=C\C/C=C\C/C=C\CCCC(=O)OCC(COC(=O)CCCCCCC/C=C\CCCC)OC(=O)CCCCCCCCCCC/C=C\C/C=C\CCCCC. The quantitative estimate of drug-likeness (QED) is 0.0261. The van der Waals surface area contributed by atoms with Crippen molar-refractivity contribution in [1.29, 1.82) is 0 Å². The van der Waals surface area contributed by atoms with Crippen molar-refractivity contribution < 1.29 is 28.6 Å². The molecule has 0 aromatic rings. The molecule has 0 aliphatic heterocycles. The molecule has 6 nitrogen and oxygen atoms in total. The van der Waals surface area contributed by atoms with Crippen molar-refractivity contribution in [3.05, 3.63) is 146 Å². The van der Waals surface area contributed by atoms with Crippen LogP contribution in [0.5, 0.6) is 0 Å². The molecule has 77 heavy (non-hydrogen) atoms. The van der Waals surface area contributed by atoms with E-state index >= 15 is 0 Å². The van der Waals surface area contributed by atoms with Gasteiger partial charge in [0.1, 0.15) is 13.2 Å². The van der Waals surface area contributed by atoms with Crippen molar-refractivity contribution in [2.24, 2.45) is 0 Å². The highest BCUT2D eigenvalue weighted by molar-refractivity contribution is 5.71. The second-order valence-electron chi connectivity index (χ2n) is 20.2. The number of hydrogen-bond acceptors (Lipinski definition) is 6. The van der Waals surface area contributed by atoms with Crippen LogP contribution < -0.4 is 0 Å². The first-order chi connectivity index (χ1) is 38.0. The van der Waals surface area contributed by atoms with Crippen LogP contribution in [0.2, 0.25) is 0 Å². The van der Waals surface area contributed by atoms with Crippen molar-refractivity contribution in [3.63, 3.8) is 0 Å².